The molecular weight excluding hydrogens is 593 g/mol. The Morgan fingerprint density at radius 3 is 1.71 bits per heavy atom. The second kappa shape index (κ2) is 12.3. The van der Waals surface area contributed by atoms with Gasteiger partial charge in [-0.2, -0.15) is 0 Å². The molecule has 0 unspecified atom stereocenters. The first-order valence-electron chi connectivity index (χ1n) is 16.8. The minimum absolute atomic E-state index is 0.714. The molecule has 0 radical (unpaired) electrons. The van der Waals surface area contributed by atoms with Gasteiger partial charge in [-0.25, -0.2) is 9.97 Å². The lowest BCUT2D eigenvalue weighted by atomic mass is 9.90. The van der Waals surface area contributed by atoms with Gasteiger partial charge in [-0.05, 0) is 79.5 Å². The van der Waals surface area contributed by atoms with Crippen LogP contribution in [0.1, 0.15) is 17.5 Å². The Kier molecular flexibility index (Phi) is 7.25. The second-order valence-electron chi connectivity index (χ2n) is 12.5. The van der Waals surface area contributed by atoms with Crippen molar-refractivity contribution in [2.45, 2.75) is 6.42 Å². The van der Waals surface area contributed by atoms with Gasteiger partial charge in [0.05, 0.1) is 11.4 Å². The van der Waals surface area contributed by atoms with Crippen molar-refractivity contribution < 1.29 is 0 Å². The number of rotatable bonds is 5. The van der Waals surface area contributed by atoms with E-state index in [1.165, 1.54) is 49.5 Å². The summed E-state index contributed by atoms with van der Waals surface area (Å²) in [6, 6.07) is 56.0. The first-order valence-corrected chi connectivity index (χ1v) is 16.8. The molecule has 9 rings (SSSR count). The van der Waals surface area contributed by atoms with Crippen molar-refractivity contribution >= 4 is 33.7 Å². The van der Waals surface area contributed by atoms with E-state index in [1.807, 2.05) is 6.07 Å². The lowest BCUT2D eigenvalue weighted by Gasteiger charge is -2.17. The Hall–Kier alpha value is -6.38. The third-order valence-electron chi connectivity index (χ3n) is 9.51. The van der Waals surface area contributed by atoms with Gasteiger partial charge >= 0.3 is 0 Å². The average molecular weight is 625 g/mol. The molecule has 0 saturated carbocycles. The number of aromatic nitrogens is 2. The van der Waals surface area contributed by atoms with E-state index in [4.69, 9.17) is 9.97 Å². The number of nitrogens with zero attached hydrogens (tertiary/aromatic N) is 2. The zero-order chi connectivity index (χ0) is 32.6. The Balaban J connectivity index is 1.26. The van der Waals surface area contributed by atoms with E-state index in [-0.39, 0.29) is 0 Å². The SMILES string of the molecule is C1=Cc2c(-c3ccccc3)ccc(-c3cc(-c4ccccc4)nc(-c4ccc(-c5ccc6ccccc6c5)c5ccccc45)n3)c2C=CC1. The molecule has 1 aromatic heterocycles. The van der Waals surface area contributed by atoms with Gasteiger partial charge in [-0.3, -0.25) is 0 Å². The molecule has 0 fully saturated rings. The average Bonchev–Trinajstić information content (AvgIpc) is 3.44. The van der Waals surface area contributed by atoms with Crippen molar-refractivity contribution in [1.82, 2.24) is 9.97 Å². The molecule has 1 heterocycles. The Labute approximate surface area is 286 Å². The summed E-state index contributed by atoms with van der Waals surface area (Å²) in [6.07, 6.45) is 9.89. The van der Waals surface area contributed by atoms with Crippen LogP contribution in [0.4, 0.5) is 0 Å². The standard InChI is InChI=1S/C47H32N2/c1-4-15-33(16-5-1)37-26-28-43(41-21-9-3-8-20-39(37)41)46-31-45(34-17-6-2-7-18-34)48-47(49-46)44-29-27-38(40-22-12-13-23-42(40)44)36-25-24-32-14-10-11-19-35(32)30-36/h1-2,4-31H,3H2. The van der Waals surface area contributed by atoms with E-state index >= 15 is 0 Å². The highest BCUT2D eigenvalue weighted by molar-refractivity contribution is 6.05. The highest BCUT2D eigenvalue weighted by atomic mass is 14.9. The third kappa shape index (κ3) is 5.34. The molecular formula is C47H32N2. The lowest BCUT2D eigenvalue weighted by molar-refractivity contribution is 1.19. The van der Waals surface area contributed by atoms with Gasteiger partial charge in [-0.15, -0.1) is 0 Å². The quantitative estimate of drug-likeness (QED) is 0.190. The Morgan fingerprint density at radius 2 is 0.939 bits per heavy atom. The number of hydrogen-bond acceptors (Lipinski definition) is 2. The summed E-state index contributed by atoms with van der Waals surface area (Å²) in [5.41, 5.74) is 12.2. The van der Waals surface area contributed by atoms with Crippen LogP contribution >= 0.6 is 0 Å². The summed E-state index contributed by atoms with van der Waals surface area (Å²) in [5, 5.41) is 4.79. The molecule has 0 saturated heterocycles. The van der Waals surface area contributed by atoms with Crippen molar-refractivity contribution in [2.24, 2.45) is 0 Å². The van der Waals surface area contributed by atoms with E-state index in [2.05, 4.69) is 176 Å². The van der Waals surface area contributed by atoms with Crippen molar-refractivity contribution in [1.29, 1.82) is 0 Å². The van der Waals surface area contributed by atoms with Crippen LogP contribution in [0.25, 0.3) is 89.9 Å². The fourth-order valence-corrected chi connectivity index (χ4v) is 7.10. The zero-order valence-electron chi connectivity index (χ0n) is 26.9. The minimum atomic E-state index is 0.714. The van der Waals surface area contributed by atoms with Gasteiger partial charge in [0.15, 0.2) is 5.82 Å². The molecule has 49 heavy (non-hydrogen) atoms. The second-order valence-corrected chi connectivity index (χ2v) is 12.5. The van der Waals surface area contributed by atoms with Crippen molar-refractivity contribution in [3.63, 3.8) is 0 Å². The number of benzene rings is 7. The molecule has 0 aliphatic heterocycles. The number of allylic oxidation sites excluding steroid dienone is 2. The van der Waals surface area contributed by atoms with Crippen molar-refractivity contribution in [2.75, 3.05) is 0 Å². The Bertz CT molecular complexity index is 2560. The highest BCUT2D eigenvalue weighted by Crippen LogP contribution is 2.40. The van der Waals surface area contributed by atoms with Crippen LogP contribution in [0.3, 0.4) is 0 Å². The summed E-state index contributed by atoms with van der Waals surface area (Å²) in [4.78, 5) is 10.6. The van der Waals surface area contributed by atoms with Gasteiger partial charge in [0.25, 0.3) is 0 Å². The van der Waals surface area contributed by atoms with Crippen molar-refractivity contribution in [3.05, 3.63) is 181 Å². The summed E-state index contributed by atoms with van der Waals surface area (Å²) < 4.78 is 0. The summed E-state index contributed by atoms with van der Waals surface area (Å²) in [5.74, 6) is 0.714. The summed E-state index contributed by atoms with van der Waals surface area (Å²) >= 11 is 0. The van der Waals surface area contributed by atoms with Gasteiger partial charge in [-0.1, -0.05) is 164 Å². The van der Waals surface area contributed by atoms with E-state index in [0.717, 1.165) is 39.9 Å². The summed E-state index contributed by atoms with van der Waals surface area (Å²) in [6.45, 7) is 0. The zero-order valence-corrected chi connectivity index (χ0v) is 26.9. The monoisotopic (exact) mass is 624 g/mol. The van der Waals surface area contributed by atoms with E-state index < -0.39 is 0 Å². The van der Waals surface area contributed by atoms with Gasteiger partial charge in [0, 0.05) is 16.7 Å². The first-order chi connectivity index (χ1) is 24.3. The smallest absolute Gasteiger partial charge is 0.161 e. The van der Waals surface area contributed by atoms with Gasteiger partial charge in [0.1, 0.15) is 0 Å². The Morgan fingerprint density at radius 1 is 0.367 bits per heavy atom. The highest BCUT2D eigenvalue weighted by Gasteiger charge is 2.19. The third-order valence-corrected chi connectivity index (χ3v) is 9.51. The largest absolute Gasteiger partial charge is 0.228 e. The van der Waals surface area contributed by atoms with Crippen LogP contribution < -0.4 is 0 Å². The normalized spacial score (nSPS) is 12.2. The number of fused-ring (bicyclic) bond motifs is 3. The van der Waals surface area contributed by atoms with Crippen molar-refractivity contribution in [3.8, 4) is 56.2 Å². The predicted molar refractivity (Wildman–Crippen MR) is 207 cm³/mol. The molecule has 2 nitrogen and oxygen atoms in total. The first kappa shape index (κ1) is 28.8. The number of hydrogen-bond donors (Lipinski definition) is 0. The van der Waals surface area contributed by atoms with Crippen LogP contribution in [0.15, 0.2) is 170 Å². The molecule has 2 heteroatoms. The molecule has 8 aromatic rings. The molecule has 0 bridgehead atoms. The fourth-order valence-electron chi connectivity index (χ4n) is 7.10. The van der Waals surface area contributed by atoms with Crippen LogP contribution in [0, 0.1) is 0 Å². The van der Waals surface area contributed by atoms with E-state index in [0.29, 0.717) is 5.82 Å². The van der Waals surface area contributed by atoms with Crippen LogP contribution in [0.2, 0.25) is 0 Å². The molecule has 7 aromatic carbocycles. The van der Waals surface area contributed by atoms with Gasteiger partial charge < -0.3 is 0 Å². The minimum Gasteiger partial charge on any atom is -0.228 e. The lowest BCUT2D eigenvalue weighted by Crippen LogP contribution is -1.99. The molecule has 0 atom stereocenters. The topological polar surface area (TPSA) is 25.8 Å². The summed E-state index contributed by atoms with van der Waals surface area (Å²) in [7, 11) is 0. The maximum absolute atomic E-state index is 5.36. The van der Waals surface area contributed by atoms with Gasteiger partial charge in [0.2, 0.25) is 0 Å². The fraction of sp³-hybridized carbons (Fsp3) is 0.0213. The predicted octanol–water partition coefficient (Wildman–Crippen LogP) is 12.5. The molecule has 1 aliphatic carbocycles. The van der Waals surface area contributed by atoms with Crippen LogP contribution in [0.5, 0.6) is 0 Å². The molecule has 1 aliphatic rings. The molecule has 230 valence electrons. The van der Waals surface area contributed by atoms with Crippen LogP contribution in [-0.4, -0.2) is 9.97 Å². The molecule has 0 spiro atoms. The molecule has 0 N–H and O–H groups in total. The van der Waals surface area contributed by atoms with E-state index in [9.17, 15) is 0 Å². The van der Waals surface area contributed by atoms with Crippen LogP contribution in [-0.2, 0) is 0 Å². The maximum Gasteiger partial charge on any atom is 0.161 e. The molecule has 0 amide bonds. The maximum atomic E-state index is 5.36. The van der Waals surface area contributed by atoms with E-state index in [1.54, 1.807) is 0 Å².